The second-order valence-electron chi connectivity index (χ2n) is 5.07. The van der Waals surface area contributed by atoms with Crippen molar-refractivity contribution in [1.29, 1.82) is 0 Å². The van der Waals surface area contributed by atoms with Gasteiger partial charge in [-0.1, -0.05) is 60.7 Å². The molecule has 0 fully saturated rings. The molecule has 0 unspecified atom stereocenters. The summed E-state index contributed by atoms with van der Waals surface area (Å²) in [4.78, 5) is 9.68. The van der Waals surface area contributed by atoms with Crippen LogP contribution >= 0.6 is 0 Å². The third kappa shape index (κ3) is 2.25. The van der Waals surface area contributed by atoms with E-state index in [-0.39, 0.29) is 0 Å². The Morgan fingerprint density at radius 1 is 0.591 bits per heavy atom. The van der Waals surface area contributed by atoms with E-state index in [1.807, 2.05) is 66.7 Å². The van der Waals surface area contributed by atoms with Crippen molar-refractivity contribution in [3.8, 4) is 22.5 Å². The standard InChI is InChI=1S/C20H13N2/c1-3-9-15(10-4-1)19-20(16-11-5-2-6-12-16)22-18-14-8-7-13-17(18)21-19/h1-5,7-14H. The number of nitrogens with zero attached hydrogens (tertiary/aromatic N) is 2. The summed E-state index contributed by atoms with van der Waals surface area (Å²) in [6.07, 6.45) is 0. The minimum atomic E-state index is 0.891. The van der Waals surface area contributed by atoms with Crippen molar-refractivity contribution in [2.45, 2.75) is 0 Å². The smallest absolute Gasteiger partial charge is 0.0973 e. The first-order valence-corrected chi connectivity index (χ1v) is 7.20. The molecule has 0 aliphatic carbocycles. The minimum Gasteiger partial charge on any atom is -0.244 e. The molecule has 0 N–H and O–H groups in total. The van der Waals surface area contributed by atoms with Gasteiger partial charge in [0.25, 0.3) is 0 Å². The summed E-state index contributed by atoms with van der Waals surface area (Å²) in [5, 5.41) is 0. The lowest BCUT2D eigenvalue weighted by Gasteiger charge is -2.10. The predicted octanol–water partition coefficient (Wildman–Crippen LogP) is 4.76. The van der Waals surface area contributed by atoms with Gasteiger partial charge in [-0.15, -0.1) is 0 Å². The van der Waals surface area contributed by atoms with Crippen LogP contribution in [0.3, 0.4) is 0 Å². The molecule has 2 nitrogen and oxygen atoms in total. The van der Waals surface area contributed by atoms with Crippen LogP contribution in [-0.4, -0.2) is 9.97 Å². The number of aromatic nitrogens is 2. The Hall–Kier alpha value is -3.00. The summed E-state index contributed by atoms with van der Waals surface area (Å²) >= 11 is 0. The van der Waals surface area contributed by atoms with Crippen LogP contribution < -0.4 is 0 Å². The molecular weight excluding hydrogens is 268 g/mol. The highest BCUT2D eigenvalue weighted by Gasteiger charge is 2.12. The first-order chi connectivity index (χ1) is 10.9. The van der Waals surface area contributed by atoms with Crippen molar-refractivity contribution < 1.29 is 0 Å². The monoisotopic (exact) mass is 281 g/mol. The van der Waals surface area contributed by atoms with E-state index in [1.165, 1.54) is 0 Å². The van der Waals surface area contributed by atoms with Crippen molar-refractivity contribution in [3.05, 3.63) is 84.9 Å². The van der Waals surface area contributed by atoms with Crippen molar-refractivity contribution >= 4 is 11.0 Å². The first kappa shape index (κ1) is 12.7. The molecule has 4 rings (SSSR count). The molecule has 0 saturated carbocycles. The van der Waals surface area contributed by atoms with Gasteiger partial charge in [-0.05, 0) is 24.3 Å². The maximum atomic E-state index is 4.85. The number of fused-ring (bicyclic) bond motifs is 1. The maximum absolute atomic E-state index is 4.85. The van der Waals surface area contributed by atoms with E-state index in [0.717, 1.165) is 33.5 Å². The Balaban J connectivity index is 2.04. The molecule has 1 heterocycles. The molecule has 0 spiro atoms. The SMILES string of the molecule is [c]1cccc(-c2nc3ccccc3nc2-c2ccccc2)c1. The molecule has 4 aromatic rings. The van der Waals surface area contributed by atoms with Gasteiger partial charge in [0.1, 0.15) is 0 Å². The fourth-order valence-corrected chi connectivity index (χ4v) is 2.54. The summed E-state index contributed by atoms with van der Waals surface area (Å²) in [6, 6.07) is 29.1. The van der Waals surface area contributed by atoms with E-state index < -0.39 is 0 Å². The van der Waals surface area contributed by atoms with Crippen LogP contribution in [-0.2, 0) is 0 Å². The Morgan fingerprint density at radius 2 is 1.18 bits per heavy atom. The van der Waals surface area contributed by atoms with Crippen molar-refractivity contribution in [1.82, 2.24) is 9.97 Å². The van der Waals surface area contributed by atoms with Crippen LogP contribution in [0.5, 0.6) is 0 Å². The van der Waals surface area contributed by atoms with E-state index in [1.54, 1.807) is 0 Å². The fourth-order valence-electron chi connectivity index (χ4n) is 2.54. The molecule has 0 saturated heterocycles. The molecule has 0 amide bonds. The van der Waals surface area contributed by atoms with Crippen LogP contribution in [0, 0.1) is 6.07 Å². The van der Waals surface area contributed by atoms with Gasteiger partial charge < -0.3 is 0 Å². The minimum absolute atomic E-state index is 0.891. The third-order valence-electron chi connectivity index (χ3n) is 3.60. The topological polar surface area (TPSA) is 25.8 Å². The van der Waals surface area contributed by atoms with Crippen LogP contribution in [0.2, 0.25) is 0 Å². The van der Waals surface area contributed by atoms with Crippen LogP contribution in [0.4, 0.5) is 0 Å². The van der Waals surface area contributed by atoms with E-state index in [4.69, 9.17) is 9.97 Å². The van der Waals surface area contributed by atoms with Gasteiger partial charge in [0.05, 0.1) is 22.4 Å². The summed E-state index contributed by atoms with van der Waals surface area (Å²) in [7, 11) is 0. The second kappa shape index (κ2) is 5.41. The molecule has 0 atom stereocenters. The highest BCUT2D eigenvalue weighted by Crippen LogP contribution is 2.30. The average molecular weight is 281 g/mol. The highest BCUT2D eigenvalue weighted by molar-refractivity contribution is 5.86. The van der Waals surface area contributed by atoms with Crippen molar-refractivity contribution in [3.63, 3.8) is 0 Å². The van der Waals surface area contributed by atoms with Crippen LogP contribution in [0.15, 0.2) is 78.9 Å². The number of para-hydroxylation sites is 2. The van der Waals surface area contributed by atoms with Crippen molar-refractivity contribution in [2.24, 2.45) is 0 Å². The van der Waals surface area contributed by atoms with Crippen molar-refractivity contribution in [2.75, 3.05) is 0 Å². The molecule has 103 valence electrons. The molecule has 0 bridgehead atoms. The van der Waals surface area contributed by atoms with Gasteiger partial charge in [-0.3, -0.25) is 0 Å². The first-order valence-electron chi connectivity index (χ1n) is 7.20. The summed E-state index contributed by atoms with van der Waals surface area (Å²) in [5.41, 5.74) is 5.70. The fraction of sp³-hybridized carbons (Fsp3) is 0. The molecule has 1 radical (unpaired) electrons. The van der Waals surface area contributed by atoms with Gasteiger partial charge in [0, 0.05) is 11.1 Å². The summed E-state index contributed by atoms with van der Waals surface area (Å²) in [5.74, 6) is 0. The summed E-state index contributed by atoms with van der Waals surface area (Å²) in [6.45, 7) is 0. The third-order valence-corrected chi connectivity index (χ3v) is 3.60. The zero-order valence-corrected chi connectivity index (χ0v) is 11.9. The van der Waals surface area contributed by atoms with Gasteiger partial charge in [0.2, 0.25) is 0 Å². The molecule has 22 heavy (non-hydrogen) atoms. The second-order valence-corrected chi connectivity index (χ2v) is 5.07. The van der Waals surface area contributed by atoms with Gasteiger partial charge >= 0.3 is 0 Å². The maximum Gasteiger partial charge on any atom is 0.0973 e. The summed E-state index contributed by atoms with van der Waals surface area (Å²) < 4.78 is 0. The Morgan fingerprint density at radius 3 is 1.82 bits per heavy atom. The molecular formula is C20H13N2. The number of hydrogen-bond donors (Lipinski definition) is 0. The normalized spacial score (nSPS) is 10.7. The Labute approximate surface area is 129 Å². The lowest BCUT2D eigenvalue weighted by molar-refractivity contribution is 1.29. The Kier molecular flexibility index (Phi) is 3.13. The number of benzene rings is 3. The van der Waals surface area contributed by atoms with Gasteiger partial charge in [-0.25, -0.2) is 9.97 Å². The molecule has 2 heteroatoms. The van der Waals surface area contributed by atoms with E-state index in [0.29, 0.717) is 0 Å². The predicted molar refractivity (Wildman–Crippen MR) is 89.2 cm³/mol. The van der Waals surface area contributed by atoms with E-state index in [2.05, 4.69) is 18.2 Å². The lowest BCUT2D eigenvalue weighted by Crippen LogP contribution is -1.95. The van der Waals surface area contributed by atoms with Gasteiger partial charge in [0.15, 0.2) is 0 Å². The van der Waals surface area contributed by atoms with Gasteiger partial charge in [-0.2, -0.15) is 0 Å². The zero-order valence-electron chi connectivity index (χ0n) is 11.9. The van der Waals surface area contributed by atoms with Crippen LogP contribution in [0.1, 0.15) is 0 Å². The molecule has 1 aromatic heterocycles. The van der Waals surface area contributed by atoms with E-state index in [9.17, 15) is 0 Å². The largest absolute Gasteiger partial charge is 0.244 e. The van der Waals surface area contributed by atoms with E-state index >= 15 is 0 Å². The Bertz CT molecular complexity index is 838. The quantitative estimate of drug-likeness (QED) is 0.529. The number of rotatable bonds is 2. The zero-order chi connectivity index (χ0) is 14.8. The highest BCUT2D eigenvalue weighted by atomic mass is 14.8. The number of hydrogen-bond acceptors (Lipinski definition) is 2. The molecule has 3 aromatic carbocycles. The molecule has 0 aliphatic heterocycles. The lowest BCUT2D eigenvalue weighted by atomic mass is 10.0. The average Bonchev–Trinajstić information content (AvgIpc) is 2.62. The molecule has 0 aliphatic rings. The van der Waals surface area contributed by atoms with Crippen LogP contribution in [0.25, 0.3) is 33.5 Å².